The van der Waals surface area contributed by atoms with Crippen molar-refractivity contribution in [1.82, 2.24) is 9.78 Å². The molecule has 1 heterocycles. The first-order valence-electron chi connectivity index (χ1n) is 10.3. The Morgan fingerprint density at radius 1 is 0.812 bits per heavy atom. The van der Waals surface area contributed by atoms with E-state index in [1.807, 2.05) is 80.6 Å². The van der Waals surface area contributed by atoms with Gasteiger partial charge in [-0.25, -0.2) is 4.68 Å². The normalized spacial score (nSPS) is 10.6. The van der Waals surface area contributed by atoms with Gasteiger partial charge in [0.2, 0.25) is 5.91 Å². The number of rotatable bonds is 5. The minimum atomic E-state index is -0.191. The number of carbonyl (C=O) groups is 2. The summed E-state index contributed by atoms with van der Waals surface area (Å²) in [4.78, 5) is 24.5. The van der Waals surface area contributed by atoms with E-state index in [1.165, 1.54) is 6.92 Å². The summed E-state index contributed by atoms with van der Waals surface area (Å²) in [5.41, 5.74) is 5.77. The van der Waals surface area contributed by atoms with Crippen molar-refractivity contribution in [1.29, 1.82) is 0 Å². The van der Waals surface area contributed by atoms with Crippen LogP contribution in [0.25, 0.3) is 16.8 Å². The van der Waals surface area contributed by atoms with Crippen molar-refractivity contribution >= 4 is 23.3 Å². The zero-order valence-corrected chi connectivity index (χ0v) is 18.2. The molecule has 0 saturated heterocycles. The van der Waals surface area contributed by atoms with Gasteiger partial charge in [-0.05, 0) is 55.8 Å². The number of aromatic nitrogens is 2. The van der Waals surface area contributed by atoms with Crippen LogP contribution in [-0.4, -0.2) is 21.6 Å². The van der Waals surface area contributed by atoms with Crippen molar-refractivity contribution in [2.24, 2.45) is 0 Å². The standard InChI is InChI=1S/C26H24N4O2/c1-17-9-13-22(14-10-17)28-26(32)21-11-15-23(16-12-21)30-25(27-19(3)31)24(18(2)29-30)20-7-5-4-6-8-20/h4-16H,1-3H3,(H,27,31)(H,28,32). The molecule has 0 unspecified atom stereocenters. The number of amides is 2. The van der Waals surface area contributed by atoms with E-state index in [1.54, 1.807) is 16.8 Å². The van der Waals surface area contributed by atoms with E-state index in [-0.39, 0.29) is 11.8 Å². The molecule has 32 heavy (non-hydrogen) atoms. The largest absolute Gasteiger partial charge is 0.322 e. The first-order chi connectivity index (χ1) is 15.4. The molecule has 0 radical (unpaired) electrons. The highest BCUT2D eigenvalue weighted by atomic mass is 16.2. The molecule has 6 nitrogen and oxygen atoms in total. The van der Waals surface area contributed by atoms with Crippen molar-refractivity contribution in [3.05, 3.63) is 95.7 Å². The lowest BCUT2D eigenvalue weighted by Crippen LogP contribution is -2.13. The summed E-state index contributed by atoms with van der Waals surface area (Å²) in [6, 6.07) is 24.6. The molecule has 0 bridgehead atoms. The van der Waals surface area contributed by atoms with Gasteiger partial charge in [-0.1, -0.05) is 48.0 Å². The van der Waals surface area contributed by atoms with E-state index in [0.717, 1.165) is 33.8 Å². The topological polar surface area (TPSA) is 76.0 Å². The van der Waals surface area contributed by atoms with Crippen molar-refractivity contribution in [2.45, 2.75) is 20.8 Å². The lowest BCUT2D eigenvalue weighted by molar-refractivity contribution is -0.114. The van der Waals surface area contributed by atoms with Gasteiger partial charge in [-0.2, -0.15) is 5.10 Å². The Bertz CT molecular complexity index is 1260. The van der Waals surface area contributed by atoms with E-state index < -0.39 is 0 Å². The molecular formula is C26H24N4O2. The van der Waals surface area contributed by atoms with Crippen LogP contribution >= 0.6 is 0 Å². The highest BCUT2D eigenvalue weighted by Gasteiger charge is 2.19. The van der Waals surface area contributed by atoms with Crippen LogP contribution in [0.5, 0.6) is 0 Å². The molecule has 3 aromatic carbocycles. The van der Waals surface area contributed by atoms with Gasteiger partial charge in [-0.15, -0.1) is 0 Å². The van der Waals surface area contributed by atoms with Gasteiger partial charge in [0.1, 0.15) is 5.82 Å². The van der Waals surface area contributed by atoms with Gasteiger partial charge in [0.25, 0.3) is 5.91 Å². The van der Waals surface area contributed by atoms with Gasteiger partial charge >= 0.3 is 0 Å². The van der Waals surface area contributed by atoms with Gasteiger partial charge in [0.15, 0.2) is 0 Å². The maximum atomic E-state index is 12.6. The zero-order chi connectivity index (χ0) is 22.7. The SMILES string of the molecule is CC(=O)Nc1c(-c2ccccc2)c(C)nn1-c1ccc(C(=O)Nc2ccc(C)cc2)cc1. The summed E-state index contributed by atoms with van der Waals surface area (Å²) in [7, 11) is 0. The van der Waals surface area contributed by atoms with Gasteiger partial charge < -0.3 is 10.6 Å². The van der Waals surface area contributed by atoms with Gasteiger partial charge in [0.05, 0.1) is 11.4 Å². The van der Waals surface area contributed by atoms with Crippen molar-refractivity contribution in [2.75, 3.05) is 10.6 Å². The average molecular weight is 425 g/mol. The number of hydrogen-bond donors (Lipinski definition) is 2. The number of anilines is 2. The molecule has 0 atom stereocenters. The second kappa shape index (κ2) is 8.89. The number of aryl methyl sites for hydroxylation is 2. The summed E-state index contributed by atoms with van der Waals surface area (Å²) < 4.78 is 1.70. The number of nitrogens with one attached hydrogen (secondary N) is 2. The molecule has 0 aliphatic rings. The fraction of sp³-hybridized carbons (Fsp3) is 0.115. The zero-order valence-electron chi connectivity index (χ0n) is 18.2. The molecule has 1 aromatic heterocycles. The molecule has 6 heteroatoms. The molecular weight excluding hydrogens is 400 g/mol. The van der Waals surface area contributed by atoms with E-state index in [4.69, 9.17) is 0 Å². The molecule has 2 amide bonds. The van der Waals surface area contributed by atoms with Crippen LogP contribution in [0.1, 0.15) is 28.5 Å². The highest BCUT2D eigenvalue weighted by molar-refractivity contribution is 6.04. The highest BCUT2D eigenvalue weighted by Crippen LogP contribution is 2.33. The fourth-order valence-corrected chi connectivity index (χ4v) is 3.54. The maximum absolute atomic E-state index is 12.6. The van der Waals surface area contributed by atoms with E-state index in [9.17, 15) is 9.59 Å². The second-order valence-corrected chi connectivity index (χ2v) is 7.64. The van der Waals surface area contributed by atoms with E-state index in [0.29, 0.717) is 11.4 Å². The Labute approximate surface area is 186 Å². The van der Waals surface area contributed by atoms with Gasteiger partial charge in [0, 0.05) is 23.7 Å². The smallest absolute Gasteiger partial charge is 0.255 e. The molecule has 0 saturated carbocycles. The number of carbonyl (C=O) groups excluding carboxylic acids is 2. The van der Waals surface area contributed by atoms with Crippen LogP contribution < -0.4 is 10.6 Å². The Morgan fingerprint density at radius 3 is 2.09 bits per heavy atom. The Morgan fingerprint density at radius 2 is 1.47 bits per heavy atom. The summed E-state index contributed by atoms with van der Waals surface area (Å²) >= 11 is 0. The monoisotopic (exact) mass is 424 g/mol. The summed E-state index contributed by atoms with van der Waals surface area (Å²) in [6.45, 7) is 5.38. The number of hydrogen-bond acceptors (Lipinski definition) is 3. The summed E-state index contributed by atoms with van der Waals surface area (Å²) in [5.74, 6) is 0.222. The van der Waals surface area contributed by atoms with Crippen LogP contribution in [0.4, 0.5) is 11.5 Å². The first kappa shape index (κ1) is 21.1. The number of benzene rings is 3. The number of nitrogens with zero attached hydrogens (tertiary/aromatic N) is 2. The quantitative estimate of drug-likeness (QED) is 0.452. The molecule has 160 valence electrons. The van der Waals surface area contributed by atoms with Crippen LogP contribution in [0.2, 0.25) is 0 Å². The Balaban J connectivity index is 1.66. The molecule has 4 rings (SSSR count). The van der Waals surface area contributed by atoms with Gasteiger partial charge in [-0.3, -0.25) is 9.59 Å². The summed E-state index contributed by atoms with van der Waals surface area (Å²) in [6.07, 6.45) is 0. The molecule has 0 fully saturated rings. The minimum Gasteiger partial charge on any atom is -0.322 e. The lowest BCUT2D eigenvalue weighted by atomic mass is 10.1. The summed E-state index contributed by atoms with van der Waals surface area (Å²) in [5, 5.41) is 10.5. The maximum Gasteiger partial charge on any atom is 0.255 e. The van der Waals surface area contributed by atoms with E-state index >= 15 is 0 Å². The van der Waals surface area contributed by atoms with Crippen molar-refractivity contribution < 1.29 is 9.59 Å². The van der Waals surface area contributed by atoms with Crippen molar-refractivity contribution in [3.8, 4) is 16.8 Å². The minimum absolute atomic E-state index is 0.183. The third-order valence-electron chi connectivity index (χ3n) is 5.10. The molecule has 0 aliphatic carbocycles. The average Bonchev–Trinajstić information content (AvgIpc) is 3.11. The third-order valence-corrected chi connectivity index (χ3v) is 5.10. The molecule has 4 aromatic rings. The Hall–Kier alpha value is -4.19. The predicted molar refractivity (Wildman–Crippen MR) is 127 cm³/mol. The predicted octanol–water partition coefficient (Wildman–Crippen LogP) is 5.37. The van der Waals surface area contributed by atoms with Crippen LogP contribution in [0.15, 0.2) is 78.9 Å². The van der Waals surface area contributed by atoms with Crippen molar-refractivity contribution in [3.63, 3.8) is 0 Å². The van der Waals surface area contributed by atoms with Crippen LogP contribution in [0.3, 0.4) is 0 Å². The molecule has 2 N–H and O–H groups in total. The van der Waals surface area contributed by atoms with Crippen LogP contribution in [0, 0.1) is 13.8 Å². The molecule has 0 aliphatic heterocycles. The van der Waals surface area contributed by atoms with Crippen LogP contribution in [-0.2, 0) is 4.79 Å². The Kier molecular flexibility index (Phi) is 5.85. The fourth-order valence-electron chi connectivity index (χ4n) is 3.54. The second-order valence-electron chi connectivity index (χ2n) is 7.64. The third kappa shape index (κ3) is 4.44. The first-order valence-corrected chi connectivity index (χ1v) is 10.3. The van der Waals surface area contributed by atoms with E-state index in [2.05, 4.69) is 15.7 Å². The lowest BCUT2D eigenvalue weighted by Gasteiger charge is -2.11. The molecule has 0 spiro atoms.